The van der Waals surface area contributed by atoms with Crippen molar-refractivity contribution in [3.05, 3.63) is 48.5 Å². The zero-order valence-electron chi connectivity index (χ0n) is 12.9. The van der Waals surface area contributed by atoms with E-state index in [1.165, 1.54) is 0 Å². The van der Waals surface area contributed by atoms with E-state index >= 15 is 0 Å². The molecule has 1 aliphatic rings. The van der Waals surface area contributed by atoms with Crippen LogP contribution in [0.2, 0.25) is 0 Å². The van der Waals surface area contributed by atoms with Gasteiger partial charge in [-0.3, -0.25) is 14.2 Å². The SMILES string of the molecule is CC1CN(C(=O)c2cncn2-c2ccccc2)CCC1C(=O)O. The molecule has 6 nitrogen and oxygen atoms in total. The Morgan fingerprint density at radius 2 is 2.00 bits per heavy atom. The molecule has 0 aliphatic carbocycles. The Bertz CT molecular complexity index is 711. The molecule has 23 heavy (non-hydrogen) atoms. The molecule has 0 radical (unpaired) electrons. The van der Waals surface area contributed by atoms with Crippen molar-refractivity contribution in [1.82, 2.24) is 14.5 Å². The number of amides is 1. The van der Waals surface area contributed by atoms with Crippen LogP contribution >= 0.6 is 0 Å². The highest BCUT2D eigenvalue weighted by Gasteiger charge is 2.34. The van der Waals surface area contributed by atoms with Gasteiger partial charge in [0, 0.05) is 18.8 Å². The van der Waals surface area contributed by atoms with E-state index < -0.39 is 5.97 Å². The quantitative estimate of drug-likeness (QED) is 0.941. The molecule has 1 N–H and O–H groups in total. The van der Waals surface area contributed by atoms with Crippen molar-refractivity contribution in [3.63, 3.8) is 0 Å². The number of piperidine rings is 1. The Hall–Kier alpha value is -2.63. The molecular formula is C17H19N3O3. The van der Waals surface area contributed by atoms with Crippen LogP contribution in [0, 0.1) is 11.8 Å². The molecule has 0 spiro atoms. The average molecular weight is 313 g/mol. The third-order valence-corrected chi connectivity index (χ3v) is 4.40. The molecule has 0 saturated carbocycles. The largest absolute Gasteiger partial charge is 0.481 e. The van der Waals surface area contributed by atoms with Crippen molar-refractivity contribution in [3.8, 4) is 5.69 Å². The lowest BCUT2D eigenvalue weighted by molar-refractivity contribution is -0.145. The third kappa shape index (κ3) is 2.97. The van der Waals surface area contributed by atoms with Crippen molar-refractivity contribution in [2.24, 2.45) is 11.8 Å². The van der Waals surface area contributed by atoms with Gasteiger partial charge >= 0.3 is 5.97 Å². The van der Waals surface area contributed by atoms with Gasteiger partial charge in [0.2, 0.25) is 0 Å². The highest BCUT2D eigenvalue weighted by molar-refractivity contribution is 5.93. The molecule has 0 bridgehead atoms. The summed E-state index contributed by atoms with van der Waals surface area (Å²) < 4.78 is 1.76. The van der Waals surface area contributed by atoms with Gasteiger partial charge in [-0.05, 0) is 24.5 Å². The average Bonchev–Trinajstić information content (AvgIpc) is 3.04. The van der Waals surface area contributed by atoms with E-state index in [9.17, 15) is 14.7 Å². The molecular weight excluding hydrogens is 294 g/mol. The number of benzene rings is 1. The van der Waals surface area contributed by atoms with E-state index in [0.29, 0.717) is 25.2 Å². The third-order valence-electron chi connectivity index (χ3n) is 4.40. The number of carboxylic acid groups (broad SMARTS) is 1. The maximum atomic E-state index is 12.8. The number of imidazole rings is 1. The number of carboxylic acids is 1. The summed E-state index contributed by atoms with van der Waals surface area (Å²) in [5.41, 5.74) is 1.37. The van der Waals surface area contributed by atoms with Crippen LogP contribution in [0.5, 0.6) is 0 Å². The minimum Gasteiger partial charge on any atom is -0.481 e. The molecule has 1 amide bonds. The van der Waals surface area contributed by atoms with Gasteiger partial charge in [0.1, 0.15) is 5.69 Å². The van der Waals surface area contributed by atoms with Crippen molar-refractivity contribution < 1.29 is 14.7 Å². The van der Waals surface area contributed by atoms with Gasteiger partial charge in [-0.15, -0.1) is 0 Å². The van der Waals surface area contributed by atoms with Gasteiger partial charge < -0.3 is 10.0 Å². The fourth-order valence-corrected chi connectivity index (χ4v) is 3.11. The van der Waals surface area contributed by atoms with Crippen molar-refractivity contribution in [2.75, 3.05) is 13.1 Å². The van der Waals surface area contributed by atoms with Crippen molar-refractivity contribution >= 4 is 11.9 Å². The van der Waals surface area contributed by atoms with Gasteiger partial charge in [0.25, 0.3) is 5.91 Å². The van der Waals surface area contributed by atoms with E-state index in [4.69, 9.17) is 0 Å². The smallest absolute Gasteiger partial charge is 0.306 e. The Balaban J connectivity index is 1.80. The van der Waals surface area contributed by atoms with Gasteiger partial charge in [-0.1, -0.05) is 25.1 Å². The fourth-order valence-electron chi connectivity index (χ4n) is 3.11. The first-order valence-corrected chi connectivity index (χ1v) is 7.67. The first-order valence-electron chi connectivity index (χ1n) is 7.67. The Morgan fingerprint density at radius 1 is 1.26 bits per heavy atom. The van der Waals surface area contributed by atoms with Crippen LogP contribution in [-0.4, -0.2) is 44.5 Å². The summed E-state index contributed by atoms with van der Waals surface area (Å²) in [6.07, 6.45) is 3.67. The second-order valence-corrected chi connectivity index (χ2v) is 5.95. The zero-order valence-corrected chi connectivity index (χ0v) is 12.9. The molecule has 1 aromatic carbocycles. The van der Waals surface area contributed by atoms with Crippen LogP contribution in [0.3, 0.4) is 0 Å². The first kappa shape index (κ1) is 15.3. The molecule has 6 heteroatoms. The number of nitrogens with zero attached hydrogens (tertiary/aromatic N) is 3. The molecule has 1 saturated heterocycles. The molecule has 2 unspecified atom stereocenters. The predicted octanol–water partition coefficient (Wildman–Crippen LogP) is 2.06. The number of para-hydroxylation sites is 1. The Labute approximate surface area is 134 Å². The standard InChI is InChI=1S/C17H19N3O3/c1-12-10-19(8-7-14(12)17(22)23)16(21)15-9-18-11-20(15)13-5-3-2-4-6-13/h2-6,9,11-12,14H,7-8,10H2,1H3,(H,22,23). The molecule has 1 fully saturated rings. The van der Waals surface area contributed by atoms with Crippen LogP contribution in [0.1, 0.15) is 23.8 Å². The zero-order chi connectivity index (χ0) is 16.4. The molecule has 1 aromatic heterocycles. The monoisotopic (exact) mass is 313 g/mol. The van der Waals surface area contributed by atoms with Crippen LogP contribution in [-0.2, 0) is 4.79 Å². The van der Waals surface area contributed by atoms with E-state index in [2.05, 4.69) is 4.98 Å². The molecule has 3 rings (SSSR count). The molecule has 120 valence electrons. The normalized spacial score (nSPS) is 21.2. The number of likely N-dealkylation sites (tertiary alicyclic amines) is 1. The number of aromatic nitrogens is 2. The highest BCUT2D eigenvalue weighted by Crippen LogP contribution is 2.25. The maximum absolute atomic E-state index is 12.8. The minimum atomic E-state index is -0.779. The molecule has 2 heterocycles. The van der Waals surface area contributed by atoms with Crippen molar-refractivity contribution in [2.45, 2.75) is 13.3 Å². The number of hydrogen-bond acceptors (Lipinski definition) is 3. The molecule has 1 aliphatic heterocycles. The van der Waals surface area contributed by atoms with Crippen LogP contribution in [0.4, 0.5) is 0 Å². The predicted molar refractivity (Wildman–Crippen MR) is 84.4 cm³/mol. The number of carbonyl (C=O) groups excluding carboxylic acids is 1. The van der Waals surface area contributed by atoms with E-state index in [1.807, 2.05) is 37.3 Å². The lowest BCUT2D eigenvalue weighted by atomic mass is 9.87. The summed E-state index contributed by atoms with van der Waals surface area (Å²) in [6, 6.07) is 9.56. The second kappa shape index (κ2) is 6.24. The van der Waals surface area contributed by atoms with Gasteiger partial charge in [-0.25, -0.2) is 4.98 Å². The first-order chi connectivity index (χ1) is 11.1. The van der Waals surface area contributed by atoms with Crippen LogP contribution < -0.4 is 0 Å². The van der Waals surface area contributed by atoms with E-state index in [0.717, 1.165) is 5.69 Å². The topological polar surface area (TPSA) is 75.4 Å². The number of aliphatic carboxylic acids is 1. The number of hydrogen-bond donors (Lipinski definition) is 1. The number of rotatable bonds is 3. The van der Waals surface area contributed by atoms with E-state index in [-0.39, 0.29) is 17.7 Å². The highest BCUT2D eigenvalue weighted by atomic mass is 16.4. The van der Waals surface area contributed by atoms with Gasteiger partial charge in [-0.2, -0.15) is 0 Å². The summed E-state index contributed by atoms with van der Waals surface area (Å²) in [4.78, 5) is 29.8. The summed E-state index contributed by atoms with van der Waals surface area (Å²) >= 11 is 0. The second-order valence-electron chi connectivity index (χ2n) is 5.95. The summed E-state index contributed by atoms with van der Waals surface area (Å²) in [7, 11) is 0. The lowest BCUT2D eigenvalue weighted by Gasteiger charge is -2.34. The van der Waals surface area contributed by atoms with Crippen LogP contribution in [0.15, 0.2) is 42.9 Å². The van der Waals surface area contributed by atoms with Crippen LogP contribution in [0.25, 0.3) is 5.69 Å². The Morgan fingerprint density at radius 3 is 2.65 bits per heavy atom. The molecule has 2 atom stereocenters. The Kier molecular flexibility index (Phi) is 4.14. The minimum absolute atomic E-state index is 0.0571. The fraction of sp³-hybridized carbons (Fsp3) is 0.353. The summed E-state index contributed by atoms with van der Waals surface area (Å²) in [5.74, 6) is -1.32. The van der Waals surface area contributed by atoms with Crippen molar-refractivity contribution in [1.29, 1.82) is 0 Å². The lowest BCUT2D eigenvalue weighted by Crippen LogP contribution is -2.45. The van der Waals surface area contributed by atoms with Gasteiger partial charge in [0.05, 0.1) is 18.4 Å². The number of carbonyl (C=O) groups is 2. The summed E-state index contributed by atoms with van der Waals surface area (Å²) in [5, 5.41) is 9.19. The maximum Gasteiger partial charge on any atom is 0.306 e. The molecule has 2 aromatic rings. The van der Waals surface area contributed by atoms with E-state index in [1.54, 1.807) is 22.0 Å². The summed E-state index contributed by atoms with van der Waals surface area (Å²) in [6.45, 7) is 2.79. The van der Waals surface area contributed by atoms with Gasteiger partial charge in [0.15, 0.2) is 0 Å².